The molecule has 1 aromatic rings. The lowest BCUT2D eigenvalue weighted by atomic mass is 9.99. The highest BCUT2D eigenvalue weighted by molar-refractivity contribution is 6.45. The van der Waals surface area contributed by atoms with E-state index in [0.717, 1.165) is 25.7 Å². The molecule has 0 saturated carbocycles. The van der Waals surface area contributed by atoms with Gasteiger partial charge in [-0.15, -0.1) is 0 Å². The van der Waals surface area contributed by atoms with Crippen molar-refractivity contribution in [3.05, 3.63) is 20.9 Å². The molecule has 0 saturated heterocycles. The molecule has 0 unspecified atom stereocenters. The van der Waals surface area contributed by atoms with Gasteiger partial charge in [0.05, 0.1) is 5.69 Å². The number of pyridine rings is 1. The van der Waals surface area contributed by atoms with Gasteiger partial charge in [-0.1, -0.05) is 56.3 Å². The summed E-state index contributed by atoms with van der Waals surface area (Å²) in [5.41, 5.74) is 5.46. The molecule has 1 heterocycles. The number of nitrogen functional groups attached to an aromatic ring is 1. The van der Waals surface area contributed by atoms with Gasteiger partial charge in [0.25, 0.3) is 11.1 Å². The lowest BCUT2D eigenvalue weighted by Crippen LogP contribution is -2.33. The van der Waals surface area contributed by atoms with Gasteiger partial charge in [-0.05, 0) is 23.9 Å². The van der Waals surface area contributed by atoms with Crippen molar-refractivity contribution in [2.24, 2.45) is 5.92 Å². The number of amides is 1. The van der Waals surface area contributed by atoms with Gasteiger partial charge in [0.1, 0.15) is 10.0 Å². The minimum Gasteiger partial charge on any atom is -0.448 e. The fourth-order valence-electron chi connectivity index (χ4n) is 2.17. The second-order valence-electron chi connectivity index (χ2n) is 5.65. The Kier molecular flexibility index (Phi) is 9.32. The van der Waals surface area contributed by atoms with Crippen molar-refractivity contribution in [1.82, 2.24) is 5.32 Å². The molecule has 140 valence electrons. The topological polar surface area (TPSA) is 95.6 Å². The number of anilines is 1. The predicted octanol–water partition coefficient (Wildman–Crippen LogP) is 3.53. The first-order valence-electron chi connectivity index (χ1n) is 8.10. The summed E-state index contributed by atoms with van der Waals surface area (Å²) in [5, 5.41) is 2.63. The van der Waals surface area contributed by atoms with E-state index in [2.05, 4.69) is 24.1 Å². The van der Waals surface area contributed by atoms with Crippen molar-refractivity contribution < 1.29 is 19.3 Å². The van der Waals surface area contributed by atoms with Gasteiger partial charge in [0.15, 0.2) is 6.61 Å². The molecule has 0 radical (unpaired) electrons. The summed E-state index contributed by atoms with van der Waals surface area (Å²) in [5.74, 6) is -0.812. The van der Waals surface area contributed by atoms with Gasteiger partial charge in [-0.2, -0.15) is 4.98 Å². The number of unbranched alkanes of at least 4 members (excludes halogenated alkanes) is 1. The van der Waals surface area contributed by atoms with Crippen LogP contribution in [-0.2, 0) is 9.53 Å². The normalized spacial score (nSPS) is 11.9. The fraction of sp³-hybridized carbons (Fsp3) is 0.562. The Hall–Kier alpha value is -1.24. The van der Waals surface area contributed by atoms with E-state index in [4.69, 9.17) is 45.3 Å². The predicted molar refractivity (Wildman–Crippen MR) is 99.0 cm³/mol. The number of H-pyrrole nitrogens is 1. The van der Waals surface area contributed by atoms with Gasteiger partial charge >= 0.3 is 11.7 Å². The number of esters is 1. The van der Waals surface area contributed by atoms with Crippen LogP contribution in [0.1, 0.15) is 50.0 Å². The van der Waals surface area contributed by atoms with E-state index in [1.807, 2.05) is 0 Å². The first-order valence-corrected chi connectivity index (χ1v) is 9.24. The lowest BCUT2D eigenvalue weighted by molar-refractivity contribution is -0.380. The van der Waals surface area contributed by atoms with Gasteiger partial charge in [0, 0.05) is 6.54 Å². The zero-order chi connectivity index (χ0) is 19.0. The third kappa shape index (κ3) is 6.53. The molecule has 0 aromatic carbocycles. The second kappa shape index (κ2) is 10.7. The van der Waals surface area contributed by atoms with Crippen molar-refractivity contribution in [3.63, 3.8) is 0 Å². The molecule has 0 aliphatic carbocycles. The molecule has 6 nitrogen and oxygen atoms in total. The molecule has 25 heavy (non-hydrogen) atoms. The maximum Gasteiger partial charge on any atom is 0.405 e. The van der Waals surface area contributed by atoms with Crippen LogP contribution < -0.4 is 16.0 Å². The van der Waals surface area contributed by atoms with Crippen molar-refractivity contribution >= 4 is 52.4 Å². The molecule has 0 aliphatic rings. The van der Waals surface area contributed by atoms with Crippen LogP contribution in [0.15, 0.2) is 0 Å². The molecule has 0 bridgehead atoms. The SMILES string of the molecule is CCCC[C@@H](CC)CNC(=O)COC(=O)c1[nH+]c(Cl)c(Cl)c(N)c1Cl. The molecule has 1 amide bonds. The Morgan fingerprint density at radius 1 is 1.24 bits per heavy atom. The quantitative estimate of drug-likeness (QED) is 0.480. The van der Waals surface area contributed by atoms with Crippen LogP contribution >= 0.6 is 34.8 Å². The highest BCUT2D eigenvalue weighted by Gasteiger charge is 2.27. The second-order valence-corrected chi connectivity index (χ2v) is 6.79. The zero-order valence-corrected chi connectivity index (χ0v) is 16.5. The number of hydrogen-bond donors (Lipinski definition) is 2. The summed E-state index contributed by atoms with van der Waals surface area (Å²) in [6.07, 6.45) is 4.27. The van der Waals surface area contributed by atoms with Gasteiger partial charge in [0.2, 0.25) is 0 Å². The minimum atomic E-state index is -0.844. The molecule has 0 aliphatic heterocycles. The number of carbonyl (C=O) groups is 2. The summed E-state index contributed by atoms with van der Waals surface area (Å²) >= 11 is 17.6. The van der Waals surface area contributed by atoms with Crippen molar-refractivity contribution in [1.29, 1.82) is 0 Å². The third-order valence-corrected chi connectivity index (χ3v) is 4.95. The largest absolute Gasteiger partial charge is 0.448 e. The summed E-state index contributed by atoms with van der Waals surface area (Å²) in [7, 11) is 0. The average Bonchev–Trinajstić information content (AvgIpc) is 2.61. The van der Waals surface area contributed by atoms with E-state index in [-0.39, 0.29) is 32.5 Å². The Labute approximate surface area is 162 Å². The zero-order valence-electron chi connectivity index (χ0n) is 14.3. The lowest BCUT2D eigenvalue weighted by Gasteiger charge is -2.15. The number of carbonyl (C=O) groups excluding carboxylic acids is 2. The maximum atomic E-state index is 12.0. The number of nitrogens with one attached hydrogen (secondary N) is 2. The third-order valence-electron chi connectivity index (χ3n) is 3.79. The number of nitrogens with two attached hydrogens (primary N) is 1. The highest BCUT2D eigenvalue weighted by Crippen LogP contribution is 2.32. The molecular weight excluding hydrogens is 389 g/mol. The average molecular weight is 412 g/mol. The Bertz CT molecular complexity index is 626. The summed E-state index contributed by atoms with van der Waals surface area (Å²) in [6, 6.07) is 0. The van der Waals surface area contributed by atoms with Gasteiger partial charge in [-0.3, -0.25) is 4.79 Å². The van der Waals surface area contributed by atoms with Crippen LogP contribution in [0.4, 0.5) is 5.69 Å². The van der Waals surface area contributed by atoms with E-state index in [1.165, 1.54) is 0 Å². The molecule has 0 fully saturated rings. The van der Waals surface area contributed by atoms with E-state index < -0.39 is 12.6 Å². The van der Waals surface area contributed by atoms with E-state index in [1.54, 1.807) is 0 Å². The molecule has 1 aromatic heterocycles. The van der Waals surface area contributed by atoms with Crippen LogP contribution in [0, 0.1) is 5.92 Å². The Morgan fingerprint density at radius 2 is 1.92 bits per heavy atom. The summed E-state index contributed by atoms with van der Waals surface area (Å²) < 4.78 is 4.94. The Morgan fingerprint density at radius 3 is 2.52 bits per heavy atom. The number of rotatable bonds is 9. The first-order chi connectivity index (χ1) is 11.8. The van der Waals surface area contributed by atoms with Gasteiger partial charge < -0.3 is 15.8 Å². The van der Waals surface area contributed by atoms with E-state index in [0.29, 0.717) is 12.5 Å². The Balaban J connectivity index is 2.55. The van der Waals surface area contributed by atoms with Crippen molar-refractivity contribution in [2.45, 2.75) is 39.5 Å². The van der Waals surface area contributed by atoms with Crippen LogP contribution in [0.25, 0.3) is 0 Å². The molecule has 9 heteroatoms. The monoisotopic (exact) mass is 410 g/mol. The first kappa shape index (κ1) is 21.8. The van der Waals surface area contributed by atoms with Gasteiger partial charge in [-0.25, -0.2) is 4.79 Å². The highest BCUT2D eigenvalue weighted by atomic mass is 35.5. The van der Waals surface area contributed by atoms with Crippen LogP contribution in [0.5, 0.6) is 0 Å². The molecule has 0 spiro atoms. The van der Waals surface area contributed by atoms with Crippen LogP contribution in [0.3, 0.4) is 0 Å². The number of aromatic amines is 1. The summed E-state index contributed by atoms with van der Waals surface area (Å²) in [6.45, 7) is 4.34. The standard InChI is InChI=1S/C16H22Cl3N3O3/c1-3-5-6-9(4-2)7-21-10(23)8-25-16(24)14-11(17)13(20)12(18)15(19)22-14/h9H,3-8H2,1-2H3,(H2,20,22)(H,21,23)/p+1/t9-/m1/s1. The number of hydrogen-bond acceptors (Lipinski definition) is 4. The van der Waals surface area contributed by atoms with Crippen molar-refractivity contribution in [3.8, 4) is 0 Å². The number of ether oxygens (including phenoxy) is 1. The van der Waals surface area contributed by atoms with Crippen LogP contribution in [-0.4, -0.2) is 25.0 Å². The molecule has 4 N–H and O–H groups in total. The van der Waals surface area contributed by atoms with E-state index >= 15 is 0 Å². The minimum absolute atomic E-state index is 0.0126. The molecule has 1 atom stereocenters. The molecular formula is C16H23Cl3N3O3+. The number of aromatic nitrogens is 1. The molecule has 1 rings (SSSR count). The van der Waals surface area contributed by atoms with E-state index in [9.17, 15) is 9.59 Å². The van der Waals surface area contributed by atoms with Crippen molar-refractivity contribution in [2.75, 3.05) is 18.9 Å². The number of halogens is 3. The fourth-order valence-corrected chi connectivity index (χ4v) is 2.77. The smallest absolute Gasteiger partial charge is 0.405 e. The summed E-state index contributed by atoms with van der Waals surface area (Å²) in [4.78, 5) is 26.4. The van der Waals surface area contributed by atoms with Crippen LogP contribution in [0.2, 0.25) is 15.2 Å². The maximum absolute atomic E-state index is 12.0.